The zero-order valence-corrected chi connectivity index (χ0v) is 8.75. The fourth-order valence-corrected chi connectivity index (χ4v) is 3.65. The van der Waals surface area contributed by atoms with Crippen molar-refractivity contribution in [3.8, 4) is 0 Å². The van der Waals surface area contributed by atoms with Crippen LogP contribution in [0.2, 0.25) is 0 Å². The van der Waals surface area contributed by atoms with Gasteiger partial charge in [-0.1, -0.05) is 0 Å². The molecule has 0 unspecified atom stereocenters. The van der Waals surface area contributed by atoms with Crippen molar-refractivity contribution in [2.75, 3.05) is 18.1 Å². The molecule has 1 saturated heterocycles. The minimum atomic E-state index is -3.31. The second kappa shape index (κ2) is 2.82. The zero-order valence-electron chi connectivity index (χ0n) is 7.93. The van der Waals surface area contributed by atoms with Gasteiger partial charge in [-0.05, 0) is 6.42 Å². The van der Waals surface area contributed by atoms with Crippen LogP contribution in [0.5, 0.6) is 0 Å². The first kappa shape index (κ1) is 9.35. The van der Waals surface area contributed by atoms with E-state index in [9.17, 15) is 13.2 Å². The number of hydrogen-bond donors (Lipinski definition) is 0. The zero-order chi connectivity index (χ0) is 10.6. The lowest BCUT2D eigenvalue weighted by Gasteiger charge is -2.14. The molecule has 0 spiro atoms. The maximum atomic E-state index is 11.7. The summed E-state index contributed by atoms with van der Waals surface area (Å²) in [6.07, 6.45) is 0.321. The standard InChI is InChI=1S/C9H10O5S/c10-6-3-15(11,12)4-7-8(6)5-1-2-13-9(5)14-7/h5,9H,1-4H2/t5-,9+/m1/s1. The van der Waals surface area contributed by atoms with Gasteiger partial charge in [-0.2, -0.15) is 0 Å². The summed E-state index contributed by atoms with van der Waals surface area (Å²) in [5, 5.41) is 0. The first-order valence-corrected chi connectivity index (χ1v) is 6.64. The SMILES string of the molecule is O=C1CS(=O)(=O)CC2=C1[C@H]1CCO[C@H]1O2. The van der Waals surface area contributed by atoms with Gasteiger partial charge < -0.3 is 9.47 Å². The molecular formula is C9H10O5S. The second-order valence-corrected chi connectivity index (χ2v) is 6.11. The Kier molecular flexibility index (Phi) is 1.76. The van der Waals surface area contributed by atoms with Gasteiger partial charge in [0.1, 0.15) is 17.3 Å². The van der Waals surface area contributed by atoms with Gasteiger partial charge in [0.25, 0.3) is 0 Å². The van der Waals surface area contributed by atoms with E-state index in [4.69, 9.17) is 9.47 Å². The molecule has 1 fully saturated rings. The van der Waals surface area contributed by atoms with E-state index in [1.54, 1.807) is 0 Å². The summed E-state index contributed by atoms with van der Waals surface area (Å²) in [6.45, 7) is 0.576. The van der Waals surface area contributed by atoms with E-state index >= 15 is 0 Å². The number of carbonyl (C=O) groups is 1. The highest BCUT2D eigenvalue weighted by molar-refractivity contribution is 7.92. The van der Waals surface area contributed by atoms with Crippen molar-refractivity contribution in [2.45, 2.75) is 12.7 Å². The monoisotopic (exact) mass is 230 g/mol. The minimum absolute atomic E-state index is 0.0389. The molecule has 3 aliphatic rings. The van der Waals surface area contributed by atoms with Crippen molar-refractivity contribution in [2.24, 2.45) is 5.92 Å². The second-order valence-electron chi connectivity index (χ2n) is 4.04. The average molecular weight is 230 g/mol. The molecule has 0 aromatic heterocycles. The molecule has 82 valence electrons. The fraction of sp³-hybridized carbons (Fsp3) is 0.667. The highest BCUT2D eigenvalue weighted by Gasteiger charge is 2.47. The number of fused-ring (bicyclic) bond motifs is 2. The first-order chi connectivity index (χ1) is 7.07. The van der Waals surface area contributed by atoms with E-state index in [2.05, 4.69) is 0 Å². The normalized spacial score (nSPS) is 37.5. The molecule has 0 amide bonds. The van der Waals surface area contributed by atoms with Gasteiger partial charge in [-0.15, -0.1) is 0 Å². The van der Waals surface area contributed by atoms with Crippen LogP contribution in [0.4, 0.5) is 0 Å². The Morgan fingerprint density at radius 1 is 1.27 bits per heavy atom. The van der Waals surface area contributed by atoms with E-state index in [-0.39, 0.29) is 23.2 Å². The topological polar surface area (TPSA) is 69.7 Å². The van der Waals surface area contributed by atoms with Gasteiger partial charge >= 0.3 is 0 Å². The van der Waals surface area contributed by atoms with Crippen LogP contribution in [0.25, 0.3) is 0 Å². The highest BCUT2D eigenvalue weighted by Crippen LogP contribution is 2.41. The lowest BCUT2D eigenvalue weighted by molar-refractivity contribution is -0.114. The van der Waals surface area contributed by atoms with Crippen LogP contribution in [-0.4, -0.2) is 38.6 Å². The largest absolute Gasteiger partial charge is 0.467 e. The number of rotatable bonds is 0. The molecule has 0 N–H and O–H groups in total. The van der Waals surface area contributed by atoms with E-state index in [0.29, 0.717) is 17.9 Å². The average Bonchev–Trinajstić information content (AvgIpc) is 2.58. The van der Waals surface area contributed by atoms with Crippen LogP contribution in [0.15, 0.2) is 11.3 Å². The Balaban J connectivity index is 2.04. The highest BCUT2D eigenvalue weighted by atomic mass is 32.2. The van der Waals surface area contributed by atoms with Gasteiger partial charge in [0, 0.05) is 5.57 Å². The Hall–Kier alpha value is -0.880. The van der Waals surface area contributed by atoms with E-state index in [1.165, 1.54) is 0 Å². The predicted octanol–water partition coefficient (Wildman–Crippen LogP) is -0.369. The van der Waals surface area contributed by atoms with Gasteiger partial charge in [-0.3, -0.25) is 4.79 Å². The number of hydrogen-bond acceptors (Lipinski definition) is 5. The summed E-state index contributed by atoms with van der Waals surface area (Å²) in [7, 11) is -3.31. The Labute approximate surface area is 87.0 Å². The maximum absolute atomic E-state index is 11.7. The summed E-state index contributed by atoms with van der Waals surface area (Å²) in [4.78, 5) is 11.7. The Bertz CT molecular complexity index is 461. The summed E-state index contributed by atoms with van der Waals surface area (Å²) >= 11 is 0. The lowest BCUT2D eigenvalue weighted by atomic mass is 9.95. The molecule has 3 heterocycles. The third kappa shape index (κ3) is 1.32. The van der Waals surface area contributed by atoms with Crippen molar-refractivity contribution in [1.29, 1.82) is 0 Å². The fourth-order valence-electron chi connectivity index (χ4n) is 2.37. The molecule has 0 saturated carbocycles. The summed E-state index contributed by atoms with van der Waals surface area (Å²) in [5.74, 6) is -0.554. The van der Waals surface area contributed by atoms with Crippen molar-refractivity contribution in [3.05, 3.63) is 11.3 Å². The van der Waals surface area contributed by atoms with Gasteiger partial charge in [-0.25, -0.2) is 8.42 Å². The molecular weight excluding hydrogens is 220 g/mol. The summed E-state index contributed by atoms with van der Waals surface area (Å²) in [6, 6.07) is 0. The van der Waals surface area contributed by atoms with Crippen LogP contribution >= 0.6 is 0 Å². The van der Waals surface area contributed by atoms with Crippen molar-refractivity contribution in [3.63, 3.8) is 0 Å². The van der Waals surface area contributed by atoms with Gasteiger partial charge in [0.05, 0.1) is 12.5 Å². The molecule has 5 nitrogen and oxygen atoms in total. The van der Waals surface area contributed by atoms with Crippen LogP contribution in [0.1, 0.15) is 6.42 Å². The predicted molar refractivity (Wildman–Crippen MR) is 49.6 cm³/mol. The molecule has 3 aliphatic heterocycles. The molecule has 0 aliphatic carbocycles. The Morgan fingerprint density at radius 2 is 2.07 bits per heavy atom. The molecule has 15 heavy (non-hydrogen) atoms. The maximum Gasteiger partial charge on any atom is 0.206 e. The first-order valence-electron chi connectivity index (χ1n) is 4.82. The smallest absolute Gasteiger partial charge is 0.206 e. The third-order valence-electron chi connectivity index (χ3n) is 2.97. The summed E-state index contributed by atoms with van der Waals surface area (Å²) in [5.41, 5.74) is 0.562. The molecule has 3 rings (SSSR count). The van der Waals surface area contributed by atoms with Crippen LogP contribution < -0.4 is 0 Å². The number of sulfone groups is 1. The van der Waals surface area contributed by atoms with Gasteiger partial charge in [0.15, 0.2) is 15.6 Å². The number of carbonyl (C=O) groups excluding carboxylic acids is 1. The molecule has 0 aromatic rings. The summed E-state index contributed by atoms with van der Waals surface area (Å²) < 4.78 is 33.3. The molecule has 0 aromatic carbocycles. The van der Waals surface area contributed by atoms with Crippen molar-refractivity contribution < 1.29 is 22.7 Å². The minimum Gasteiger partial charge on any atom is -0.467 e. The van der Waals surface area contributed by atoms with Crippen molar-refractivity contribution >= 4 is 15.6 Å². The van der Waals surface area contributed by atoms with E-state index < -0.39 is 16.1 Å². The van der Waals surface area contributed by atoms with E-state index in [0.717, 1.165) is 6.42 Å². The van der Waals surface area contributed by atoms with Gasteiger partial charge in [0.2, 0.25) is 6.29 Å². The molecule has 2 atom stereocenters. The van der Waals surface area contributed by atoms with Crippen LogP contribution in [0, 0.1) is 5.92 Å². The van der Waals surface area contributed by atoms with Crippen LogP contribution in [-0.2, 0) is 24.1 Å². The number of Topliss-reactive ketones (excluding diaryl/α,β-unsaturated/α-hetero) is 1. The number of ketones is 1. The molecule has 0 bridgehead atoms. The van der Waals surface area contributed by atoms with Crippen LogP contribution in [0.3, 0.4) is 0 Å². The van der Waals surface area contributed by atoms with Crippen molar-refractivity contribution in [1.82, 2.24) is 0 Å². The molecule has 0 radical (unpaired) electrons. The Morgan fingerprint density at radius 3 is 2.87 bits per heavy atom. The lowest BCUT2D eigenvalue weighted by Crippen LogP contribution is -2.28. The quantitative estimate of drug-likeness (QED) is 0.568. The molecule has 6 heteroatoms. The number of ether oxygens (including phenoxy) is 2. The third-order valence-corrected chi connectivity index (χ3v) is 4.38. The van der Waals surface area contributed by atoms with E-state index in [1.807, 2.05) is 0 Å².